The largest absolute Gasteiger partial charge is 0.498 e. The molecule has 0 bridgehead atoms. The molecule has 0 spiro atoms. The quantitative estimate of drug-likeness (QED) is 0.706. The van der Waals surface area contributed by atoms with E-state index < -0.39 is 7.12 Å². The summed E-state index contributed by atoms with van der Waals surface area (Å²) >= 11 is 0. The Kier molecular flexibility index (Phi) is 5.36. The van der Waals surface area contributed by atoms with Crippen molar-refractivity contribution in [2.24, 2.45) is 0 Å². The Hall–Kier alpha value is -1.67. The summed E-state index contributed by atoms with van der Waals surface area (Å²) in [7, 11) is -0.449. The second-order valence-corrected chi connectivity index (χ2v) is 9.65. The van der Waals surface area contributed by atoms with Gasteiger partial charge in [0.2, 0.25) is 11.9 Å². The van der Waals surface area contributed by atoms with Gasteiger partial charge in [0.25, 0.3) is 0 Å². The van der Waals surface area contributed by atoms with Crippen molar-refractivity contribution in [2.75, 3.05) is 18.0 Å². The van der Waals surface area contributed by atoms with Gasteiger partial charge in [-0.25, -0.2) is 9.97 Å². The predicted octanol–water partition coefficient (Wildman–Crippen LogP) is 2.15. The van der Waals surface area contributed by atoms with Crippen molar-refractivity contribution < 1.29 is 14.1 Å². The molecule has 0 N–H and O–H groups in total. The normalized spacial score (nSPS) is 25.9. The van der Waals surface area contributed by atoms with Gasteiger partial charge in [0, 0.05) is 50.0 Å². The molecule has 1 atom stereocenters. The van der Waals surface area contributed by atoms with Gasteiger partial charge in [-0.2, -0.15) is 0 Å². The van der Waals surface area contributed by atoms with E-state index in [9.17, 15) is 4.79 Å². The number of rotatable bonds is 5. The molecular weight excluding hydrogens is 367 g/mol. The average Bonchev–Trinajstić information content (AvgIpc) is 3.47. The smallest absolute Gasteiger partial charge is 0.399 e. The molecule has 3 heterocycles. The van der Waals surface area contributed by atoms with Crippen molar-refractivity contribution >= 4 is 24.4 Å². The summed E-state index contributed by atoms with van der Waals surface area (Å²) < 4.78 is 12.2. The molecule has 1 aromatic heterocycles. The first kappa shape index (κ1) is 20.6. The van der Waals surface area contributed by atoms with Crippen LogP contribution in [0.25, 0.3) is 0 Å². The number of aromatic nitrogens is 2. The van der Waals surface area contributed by atoms with E-state index in [1.54, 1.807) is 6.92 Å². The number of hydrogen-bond donors (Lipinski definition) is 0. The van der Waals surface area contributed by atoms with Crippen LogP contribution in [0.2, 0.25) is 0 Å². The third kappa shape index (κ3) is 4.15. The molecule has 2 saturated heterocycles. The van der Waals surface area contributed by atoms with E-state index in [2.05, 4.69) is 14.9 Å². The molecule has 3 fully saturated rings. The van der Waals surface area contributed by atoms with Crippen molar-refractivity contribution in [3.05, 3.63) is 12.4 Å². The van der Waals surface area contributed by atoms with Crippen LogP contribution in [-0.4, -0.2) is 64.3 Å². The molecule has 158 valence electrons. The van der Waals surface area contributed by atoms with Crippen LogP contribution in [0.3, 0.4) is 0 Å². The third-order valence-corrected chi connectivity index (χ3v) is 6.87. The first-order valence-corrected chi connectivity index (χ1v) is 10.9. The second kappa shape index (κ2) is 7.54. The molecule has 1 aliphatic carbocycles. The molecule has 0 radical (unpaired) electrons. The fraction of sp³-hybridized carbons (Fsp3) is 0.762. The van der Waals surface area contributed by atoms with E-state index in [4.69, 9.17) is 9.31 Å². The van der Waals surface area contributed by atoms with Gasteiger partial charge in [0.1, 0.15) is 0 Å². The van der Waals surface area contributed by atoms with Gasteiger partial charge >= 0.3 is 7.12 Å². The number of piperidine rings is 1. The molecule has 1 aromatic rings. The second-order valence-electron chi connectivity index (χ2n) is 9.65. The number of amides is 1. The Labute approximate surface area is 174 Å². The molecule has 1 saturated carbocycles. The highest BCUT2D eigenvalue weighted by atomic mass is 16.7. The molecular formula is C21H33BN4O3. The summed E-state index contributed by atoms with van der Waals surface area (Å²) in [6, 6.07) is 0.724. The Morgan fingerprint density at radius 1 is 1.14 bits per heavy atom. The van der Waals surface area contributed by atoms with E-state index in [1.165, 1.54) is 6.42 Å². The first-order valence-electron chi connectivity index (χ1n) is 10.9. The third-order valence-electron chi connectivity index (χ3n) is 6.87. The lowest BCUT2D eigenvalue weighted by molar-refractivity contribution is -0.132. The minimum atomic E-state index is -0.449. The number of likely N-dealkylation sites (tertiary alicyclic amines) is 1. The van der Waals surface area contributed by atoms with E-state index in [1.807, 2.05) is 45.0 Å². The average molecular weight is 400 g/mol. The highest BCUT2D eigenvalue weighted by molar-refractivity contribution is 6.61. The summed E-state index contributed by atoms with van der Waals surface area (Å²) in [5.41, 5.74) is 0.0762. The Morgan fingerprint density at radius 3 is 2.31 bits per heavy atom. The number of anilines is 1. The molecule has 2 aliphatic heterocycles. The summed E-state index contributed by atoms with van der Waals surface area (Å²) in [6.07, 6.45) is 9.29. The van der Waals surface area contributed by atoms with Gasteiger partial charge in [0.05, 0.1) is 11.2 Å². The summed E-state index contributed by atoms with van der Waals surface area (Å²) in [5.74, 6) is 0.907. The van der Waals surface area contributed by atoms with E-state index >= 15 is 0 Å². The minimum Gasteiger partial charge on any atom is -0.399 e. The van der Waals surface area contributed by atoms with Crippen LogP contribution < -0.4 is 10.4 Å². The summed E-state index contributed by atoms with van der Waals surface area (Å²) in [6.45, 7) is 11.5. The zero-order valence-electron chi connectivity index (χ0n) is 18.4. The van der Waals surface area contributed by atoms with Crippen molar-refractivity contribution in [1.29, 1.82) is 0 Å². The molecule has 29 heavy (non-hydrogen) atoms. The summed E-state index contributed by atoms with van der Waals surface area (Å²) in [4.78, 5) is 25.7. The fourth-order valence-electron chi connectivity index (χ4n) is 4.19. The van der Waals surface area contributed by atoms with Crippen LogP contribution in [-0.2, 0) is 14.1 Å². The molecule has 7 nitrogen and oxygen atoms in total. The van der Waals surface area contributed by atoms with Gasteiger partial charge in [-0.3, -0.25) is 4.79 Å². The lowest BCUT2D eigenvalue weighted by Gasteiger charge is -2.38. The molecule has 0 aromatic carbocycles. The van der Waals surface area contributed by atoms with Gasteiger partial charge in [0.15, 0.2) is 0 Å². The standard InChI is InChI=1S/C21H33BN4O3/c1-15(27)25-11-7-6-8-18(25)14-26(17-9-10-17)19-23-12-16(13-24-19)22-28-20(2,3)21(4,5)29-22/h12-13,17-18H,6-11,14H2,1-5H3. The molecule has 3 aliphatic rings. The van der Waals surface area contributed by atoms with Crippen molar-refractivity contribution in [3.63, 3.8) is 0 Å². The van der Waals surface area contributed by atoms with Crippen molar-refractivity contribution in [3.8, 4) is 0 Å². The predicted molar refractivity (Wildman–Crippen MR) is 113 cm³/mol. The SMILES string of the molecule is CC(=O)N1CCCCC1CN(c1ncc(B2OC(C)(C)C(C)(C)O2)cn1)C1CC1. The number of carbonyl (C=O) groups excluding carboxylic acids is 1. The topological polar surface area (TPSA) is 67.8 Å². The Bertz CT molecular complexity index is 735. The number of nitrogens with zero attached hydrogens (tertiary/aromatic N) is 4. The molecule has 1 unspecified atom stereocenters. The fourth-order valence-corrected chi connectivity index (χ4v) is 4.19. The van der Waals surface area contributed by atoms with Crippen LogP contribution in [0.4, 0.5) is 5.95 Å². The zero-order valence-corrected chi connectivity index (χ0v) is 18.4. The van der Waals surface area contributed by atoms with E-state index in [0.29, 0.717) is 6.04 Å². The first-order chi connectivity index (χ1) is 13.7. The lowest BCUT2D eigenvalue weighted by Crippen LogP contribution is -2.49. The monoisotopic (exact) mass is 400 g/mol. The van der Waals surface area contributed by atoms with Crippen LogP contribution in [0, 0.1) is 0 Å². The van der Waals surface area contributed by atoms with Gasteiger partial charge in [-0.1, -0.05) is 0 Å². The van der Waals surface area contributed by atoms with Crippen LogP contribution in [0.1, 0.15) is 66.7 Å². The highest BCUT2D eigenvalue weighted by Gasteiger charge is 2.52. The molecule has 1 amide bonds. The maximum atomic E-state index is 12.1. The van der Waals surface area contributed by atoms with Crippen LogP contribution in [0.5, 0.6) is 0 Å². The van der Waals surface area contributed by atoms with Crippen LogP contribution >= 0.6 is 0 Å². The zero-order chi connectivity index (χ0) is 20.8. The Morgan fingerprint density at radius 2 is 1.76 bits per heavy atom. The van der Waals surface area contributed by atoms with Crippen LogP contribution in [0.15, 0.2) is 12.4 Å². The maximum absolute atomic E-state index is 12.1. The van der Waals surface area contributed by atoms with Gasteiger partial charge < -0.3 is 19.1 Å². The molecule has 4 rings (SSSR count). The van der Waals surface area contributed by atoms with E-state index in [0.717, 1.165) is 50.2 Å². The highest BCUT2D eigenvalue weighted by Crippen LogP contribution is 2.36. The van der Waals surface area contributed by atoms with E-state index in [-0.39, 0.29) is 23.2 Å². The minimum absolute atomic E-state index is 0.169. The summed E-state index contributed by atoms with van der Waals surface area (Å²) in [5, 5.41) is 0. The number of hydrogen-bond acceptors (Lipinski definition) is 6. The van der Waals surface area contributed by atoms with Crippen molar-refractivity contribution in [2.45, 2.75) is 90.0 Å². The lowest BCUT2D eigenvalue weighted by atomic mass is 9.81. The maximum Gasteiger partial charge on any atom is 0.498 e. The van der Waals surface area contributed by atoms with Crippen molar-refractivity contribution in [1.82, 2.24) is 14.9 Å². The molecule has 8 heteroatoms. The number of carbonyl (C=O) groups is 1. The van der Waals surface area contributed by atoms with Gasteiger partial charge in [-0.05, 0) is 59.8 Å². The van der Waals surface area contributed by atoms with Gasteiger partial charge in [-0.15, -0.1) is 0 Å². The Balaban J connectivity index is 1.48.